The van der Waals surface area contributed by atoms with Gasteiger partial charge in [0, 0.05) is 6.20 Å². The highest BCUT2D eigenvalue weighted by molar-refractivity contribution is 5.72. The number of carboxylic acid groups (broad SMARTS) is 1. The summed E-state index contributed by atoms with van der Waals surface area (Å²) in [5.74, 6) is -0.986. The van der Waals surface area contributed by atoms with Gasteiger partial charge in [-0.15, -0.1) is 0 Å². The van der Waals surface area contributed by atoms with Crippen LogP contribution in [0.15, 0.2) is 42.6 Å². The zero-order chi connectivity index (χ0) is 14.5. The number of carbonyl (C=O) groups is 1. The van der Waals surface area contributed by atoms with Crippen molar-refractivity contribution in [2.75, 3.05) is 0 Å². The fraction of sp³-hybridized carbons (Fsp3) is 0.143. The molecule has 5 nitrogen and oxygen atoms in total. The Morgan fingerprint density at radius 3 is 2.50 bits per heavy atom. The van der Waals surface area contributed by atoms with Gasteiger partial charge in [0.2, 0.25) is 0 Å². The molecule has 0 fully saturated rings. The zero-order valence-electron chi connectivity index (χ0n) is 10.6. The Balaban J connectivity index is 2.05. The van der Waals surface area contributed by atoms with Crippen LogP contribution < -0.4 is 9.47 Å². The first-order valence-electron chi connectivity index (χ1n) is 5.84. The van der Waals surface area contributed by atoms with Crippen LogP contribution in [0.1, 0.15) is 6.92 Å². The molecular formula is C14H12FNO4. The molecule has 1 aromatic carbocycles. The van der Waals surface area contributed by atoms with Crippen molar-refractivity contribution >= 4 is 5.97 Å². The molecule has 2 rings (SSSR count). The van der Waals surface area contributed by atoms with E-state index in [4.69, 9.17) is 14.6 Å². The highest BCUT2D eigenvalue weighted by Gasteiger charge is 2.12. The predicted molar refractivity (Wildman–Crippen MR) is 68.4 cm³/mol. The Morgan fingerprint density at radius 1 is 1.25 bits per heavy atom. The molecule has 0 bridgehead atoms. The summed E-state index contributed by atoms with van der Waals surface area (Å²) >= 11 is 0. The van der Waals surface area contributed by atoms with Gasteiger partial charge in [0.05, 0.1) is 0 Å². The van der Waals surface area contributed by atoms with E-state index in [2.05, 4.69) is 4.98 Å². The minimum atomic E-state index is -1.05. The lowest BCUT2D eigenvalue weighted by Crippen LogP contribution is -2.22. The number of hydrogen-bond acceptors (Lipinski definition) is 4. The second kappa shape index (κ2) is 6.01. The maximum atomic E-state index is 13.3. The van der Waals surface area contributed by atoms with E-state index < -0.39 is 17.9 Å². The molecule has 1 atom stereocenters. The number of ether oxygens (including phenoxy) is 2. The van der Waals surface area contributed by atoms with Crippen molar-refractivity contribution in [3.8, 4) is 17.4 Å². The molecule has 0 saturated carbocycles. The Hall–Kier alpha value is -2.63. The first kappa shape index (κ1) is 13.8. The van der Waals surface area contributed by atoms with Crippen LogP contribution in [0.5, 0.6) is 17.4 Å². The van der Waals surface area contributed by atoms with Crippen molar-refractivity contribution in [3.63, 3.8) is 0 Å². The van der Waals surface area contributed by atoms with Crippen molar-refractivity contribution in [2.24, 2.45) is 0 Å². The van der Waals surface area contributed by atoms with Crippen LogP contribution in [0.25, 0.3) is 0 Å². The number of benzene rings is 1. The summed E-state index contributed by atoms with van der Waals surface area (Å²) in [6, 6.07) is 8.86. The molecule has 0 aliphatic heterocycles. The maximum Gasteiger partial charge on any atom is 0.344 e. The predicted octanol–water partition coefficient (Wildman–Crippen LogP) is 2.86. The van der Waals surface area contributed by atoms with E-state index in [-0.39, 0.29) is 5.88 Å². The lowest BCUT2D eigenvalue weighted by Gasteiger charge is -2.11. The fourth-order valence-corrected chi connectivity index (χ4v) is 1.40. The molecule has 1 heterocycles. The highest BCUT2D eigenvalue weighted by Crippen LogP contribution is 2.24. The van der Waals surface area contributed by atoms with Crippen LogP contribution in [-0.2, 0) is 4.79 Å². The summed E-state index contributed by atoms with van der Waals surface area (Å²) in [5, 5.41) is 8.72. The summed E-state index contributed by atoms with van der Waals surface area (Å²) in [6.45, 7) is 1.43. The number of rotatable bonds is 5. The molecule has 6 heteroatoms. The van der Waals surface area contributed by atoms with Crippen LogP contribution in [0, 0.1) is 5.82 Å². The summed E-state index contributed by atoms with van der Waals surface area (Å²) in [4.78, 5) is 14.4. The van der Waals surface area contributed by atoms with E-state index in [0.29, 0.717) is 11.5 Å². The topological polar surface area (TPSA) is 68.7 Å². The van der Waals surface area contributed by atoms with Crippen molar-refractivity contribution in [2.45, 2.75) is 13.0 Å². The summed E-state index contributed by atoms with van der Waals surface area (Å²) in [7, 11) is 0. The molecule has 1 aromatic heterocycles. The standard InChI is InChI=1S/C14H12FNO4/c1-9(14(17)18)19-10-4-6-11(7-5-10)20-13-12(15)3-2-8-16-13/h2-9H,1H3,(H,17,18). The quantitative estimate of drug-likeness (QED) is 0.910. The minimum Gasteiger partial charge on any atom is -0.479 e. The van der Waals surface area contributed by atoms with Crippen LogP contribution >= 0.6 is 0 Å². The van der Waals surface area contributed by atoms with Gasteiger partial charge in [-0.3, -0.25) is 0 Å². The SMILES string of the molecule is CC(Oc1ccc(Oc2ncccc2F)cc1)C(=O)O. The largest absolute Gasteiger partial charge is 0.479 e. The number of hydrogen-bond donors (Lipinski definition) is 1. The van der Waals surface area contributed by atoms with Gasteiger partial charge in [-0.05, 0) is 43.3 Å². The van der Waals surface area contributed by atoms with Crippen LogP contribution in [0.2, 0.25) is 0 Å². The molecule has 0 saturated heterocycles. The van der Waals surface area contributed by atoms with Gasteiger partial charge in [0.15, 0.2) is 11.9 Å². The Morgan fingerprint density at radius 2 is 1.90 bits per heavy atom. The van der Waals surface area contributed by atoms with Crippen LogP contribution in [0.3, 0.4) is 0 Å². The maximum absolute atomic E-state index is 13.3. The number of carboxylic acids is 1. The van der Waals surface area contributed by atoms with Gasteiger partial charge in [0.1, 0.15) is 11.5 Å². The van der Waals surface area contributed by atoms with Gasteiger partial charge in [0.25, 0.3) is 5.88 Å². The Labute approximate surface area is 114 Å². The number of pyridine rings is 1. The van der Waals surface area contributed by atoms with E-state index in [1.165, 1.54) is 49.5 Å². The average Bonchev–Trinajstić information content (AvgIpc) is 2.43. The molecule has 1 unspecified atom stereocenters. The van der Waals surface area contributed by atoms with E-state index in [0.717, 1.165) is 0 Å². The molecule has 0 aliphatic rings. The zero-order valence-corrected chi connectivity index (χ0v) is 10.6. The molecule has 0 radical (unpaired) electrons. The third-order valence-electron chi connectivity index (χ3n) is 2.42. The Bertz CT molecular complexity index is 600. The van der Waals surface area contributed by atoms with E-state index >= 15 is 0 Å². The highest BCUT2D eigenvalue weighted by atomic mass is 19.1. The lowest BCUT2D eigenvalue weighted by atomic mass is 10.3. The van der Waals surface area contributed by atoms with Gasteiger partial charge in [-0.2, -0.15) is 0 Å². The lowest BCUT2D eigenvalue weighted by molar-refractivity contribution is -0.144. The van der Waals surface area contributed by atoms with Crippen molar-refractivity contribution in [3.05, 3.63) is 48.4 Å². The van der Waals surface area contributed by atoms with E-state index in [1.807, 2.05) is 0 Å². The van der Waals surface area contributed by atoms with Gasteiger partial charge < -0.3 is 14.6 Å². The summed E-state index contributed by atoms with van der Waals surface area (Å²) in [6.07, 6.45) is 0.472. The third kappa shape index (κ3) is 3.44. The minimum absolute atomic E-state index is 0.125. The second-order valence-corrected chi connectivity index (χ2v) is 3.96. The summed E-state index contributed by atoms with van der Waals surface area (Å²) < 4.78 is 23.8. The smallest absolute Gasteiger partial charge is 0.344 e. The van der Waals surface area contributed by atoms with E-state index in [1.54, 1.807) is 0 Å². The van der Waals surface area contributed by atoms with Gasteiger partial charge in [-0.25, -0.2) is 14.2 Å². The average molecular weight is 277 g/mol. The molecule has 0 amide bonds. The summed E-state index contributed by atoms with van der Waals surface area (Å²) in [5.41, 5.74) is 0. The first-order chi connectivity index (χ1) is 9.56. The van der Waals surface area contributed by atoms with Crippen LogP contribution in [-0.4, -0.2) is 22.2 Å². The molecule has 20 heavy (non-hydrogen) atoms. The molecule has 1 N–H and O–H groups in total. The monoisotopic (exact) mass is 277 g/mol. The van der Waals surface area contributed by atoms with E-state index in [9.17, 15) is 9.18 Å². The molecule has 0 spiro atoms. The van der Waals surface area contributed by atoms with Crippen molar-refractivity contribution in [1.82, 2.24) is 4.98 Å². The number of nitrogens with zero attached hydrogens (tertiary/aromatic N) is 1. The van der Waals surface area contributed by atoms with Crippen molar-refractivity contribution in [1.29, 1.82) is 0 Å². The molecule has 104 valence electrons. The van der Waals surface area contributed by atoms with Gasteiger partial charge in [-0.1, -0.05) is 0 Å². The number of halogens is 1. The first-order valence-corrected chi connectivity index (χ1v) is 5.84. The van der Waals surface area contributed by atoms with Gasteiger partial charge >= 0.3 is 5.97 Å². The van der Waals surface area contributed by atoms with Crippen molar-refractivity contribution < 1.29 is 23.8 Å². The Kier molecular flexibility index (Phi) is 4.14. The molecular weight excluding hydrogens is 265 g/mol. The van der Waals surface area contributed by atoms with Crippen LogP contribution in [0.4, 0.5) is 4.39 Å². The second-order valence-electron chi connectivity index (χ2n) is 3.96. The molecule has 0 aliphatic carbocycles. The normalized spacial score (nSPS) is 11.7. The fourth-order valence-electron chi connectivity index (χ4n) is 1.40. The number of aromatic nitrogens is 1. The number of aliphatic carboxylic acids is 1. The molecule has 2 aromatic rings. The third-order valence-corrected chi connectivity index (χ3v) is 2.42.